The molecule has 110 valence electrons. The number of halogens is 1. The largest absolute Gasteiger partial charge is 0.367 e. The first-order valence-corrected chi connectivity index (χ1v) is 7.50. The Bertz CT molecular complexity index is 492. The maximum atomic E-state index is 11.6. The SMILES string of the molecule is CCC1CCN(c2cc(Cl)ccc2C(N)=O)C(CN)C1. The lowest BCUT2D eigenvalue weighted by atomic mass is 9.88. The Kier molecular flexibility index (Phi) is 4.89. The molecule has 4 N–H and O–H groups in total. The van der Waals surface area contributed by atoms with Crippen molar-refractivity contribution in [3.05, 3.63) is 28.8 Å². The minimum Gasteiger partial charge on any atom is -0.367 e. The van der Waals surface area contributed by atoms with Crippen molar-refractivity contribution in [1.82, 2.24) is 0 Å². The monoisotopic (exact) mass is 295 g/mol. The fraction of sp³-hybridized carbons (Fsp3) is 0.533. The summed E-state index contributed by atoms with van der Waals surface area (Å²) in [7, 11) is 0. The van der Waals surface area contributed by atoms with Crippen molar-refractivity contribution in [2.75, 3.05) is 18.0 Å². The first kappa shape index (κ1) is 15.1. The van der Waals surface area contributed by atoms with E-state index in [1.807, 2.05) is 6.07 Å². The van der Waals surface area contributed by atoms with Gasteiger partial charge in [0.1, 0.15) is 0 Å². The molecule has 2 atom stereocenters. The molecular weight excluding hydrogens is 274 g/mol. The number of nitrogens with two attached hydrogens (primary N) is 2. The summed E-state index contributed by atoms with van der Waals surface area (Å²) in [5, 5.41) is 0.610. The van der Waals surface area contributed by atoms with E-state index in [4.69, 9.17) is 23.1 Å². The number of nitrogens with zero attached hydrogens (tertiary/aromatic N) is 1. The predicted molar refractivity (Wildman–Crippen MR) is 83.2 cm³/mol. The van der Waals surface area contributed by atoms with E-state index in [9.17, 15) is 4.79 Å². The van der Waals surface area contributed by atoms with Crippen molar-refractivity contribution in [3.8, 4) is 0 Å². The van der Waals surface area contributed by atoms with E-state index in [0.29, 0.717) is 23.0 Å². The quantitative estimate of drug-likeness (QED) is 0.896. The second-order valence-corrected chi connectivity index (χ2v) is 5.84. The molecule has 1 aromatic rings. The molecule has 4 nitrogen and oxygen atoms in total. The predicted octanol–water partition coefficient (Wildman–Crippen LogP) is 2.39. The maximum Gasteiger partial charge on any atom is 0.250 e. The van der Waals surface area contributed by atoms with Gasteiger partial charge in [-0.15, -0.1) is 0 Å². The average molecular weight is 296 g/mol. The number of rotatable bonds is 4. The minimum atomic E-state index is -0.426. The number of benzene rings is 1. The van der Waals surface area contributed by atoms with Crippen LogP contribution >= 0.6 is 11.6 Å². The molecule has 0 saturated carbocycles. The van der Waals surface area contributed by atoms with Gasteiger partial charge in [-0.05, 0) is 37.0 Å². The molecule has 0 aromatic heterocycles. The van der Waals surface area contributed by atoms with Crippen LogP contribution in [0.15, 0.2) is 18.2 Å². The molecule has 0 radical (unpaired) electrons. The molecule has 0 spiro atoms. The zero-order valence-corrected chi connectivity index (χ0v) is 12.6. The summed E-state index contributed by atoms with van der Waals surface area (Å²) in [5.41, 5.74) is 12.7. The van der Waals surface area contributed by atoms with Gasteiger partial charge in [0.05, 0.1) is 11.3 Å². The van der Waals surface area contributed by atoms with E-state index in [-0.39, 0.29) is 6.04 Å². The number of carbonyl (C=O) groups is 1. The Labute approximate surface area is 125 Å². The standard InChI is InChI=1S/C15H22ClN3O/c1-2-10-5-6-19(12(7-10)9-17)14-8-11(16)3-4-13(14)15(18)20/h3-4,8,10,12H,2,5-7,9,17H2,1H3,(H2,18,20). The molecule has 1 aromatic carbocycles. The smallest absolute Gasteiger partial charge is 0.250 e. The van der Waals surface area contributed by atoms with Gasteiger partial charge in [0.15, 0.2) is 0 Å². The van der Waals surface area contributed by atoms with E-state index in [2.05, 4.69) is 11.8 Å². The molecule has 1 aliphatic heterocycles. The lowest BCUT2D eigenvalue weighted by molar-refractivity contribution is 0.100. The van der Waals surface area contributed by atoms with Crippen molar-refractivity contribution in [3.63, 3.8) is 0 Å². The molecule has 1 aliphatic rings. The minimum absolute atomic E-state index is 0.241. The third kappa shape index (κ3) is 3.07. The van der Waals surface area contributed by atoms with Crippen molar-refractivity contribution in [2.24, 2.45) is 17.4 Å². The summed E-state index contributed by atoms with van der Waals surface area (Å²) < 4.78 is 0. The van der Waals surface area contributed by atoms with Crippen LogP contribution in [0.4, 0.5) is 5.69 Å². The first-order valence-electron chi connectivity index (χ1n) is 7.12. The Morgan fingerprint density at radius 2 is 2.25 bits per heavy atom. The summed E-state index contributed by atoms with van der Waals surface area (Å²) in [6.07, 6.45) is 3.33. The van der Waals surface area contributed by atoms with Gasteiger partial charge in [0.25, 0.3) is 5.91 Å². The number of hydrogen-bond donors (Lipinski definition) is 2. The number of primary amides is 1. The number of carbonyl (C=O) groups excluding carboxylic acids is 1. The van der Waals surface area contributed by atoms with Crippen LogP contribution in [0.1, 0.15) is 36.5 Å². The van der Waals surface area contributed by atoms with Crippen LogP contribution in [0.25, 0.3) is 0 Å². The van der Waals surface area contributed by atoms with Crippen LogP contribution in [-0.2, 0) is 0 Å². The van der Waals surface area contributed by atoms with Crippen LogP contribution in [0.5, 0.6) is 0 Å². The van der Waals surface area contributed by atoms with Gasteiger partial charge >= 0.3 is 0 Å². The molecule has 2 unspecified atom stereocenters. The molecule has 1 saturated heterocycles. The van der Waals surface area contributed by atoms with E-state index < -0.39 is 5.91 Å². The third-order valence-electron chi connectivity index (χ3n) is 4.21. The highest BCUT2D eigenvalue weighted by molar-refractivity contribution is 6.31. The zero-order valence-electron chi connectivity index (χ0n) is 11.8. The topological polar surface area (TPSA) is 72.3 Å². The van der Waals surface area contributed by atoms with E-state index >= 15 is 0 Å². The van der Waals surface area contributed by atoms with Gasteiger partial charge in [-0.3, -0.25) is 4.79 Å². The fourth-order valence-electron chi connectivity index (χ4n) is 3.00. The van der Waals surface area contributed by atoms with Gasteiger partial charge in [-0.1, -0.05) is 24.9 Å². The van der Waals surface area contributed by atoms with Crippen molar-refractivity contribution in [1.29, 1.82) is 0 Å². The molecule has 1 amide bonds. The summed E-state index contributed by atoms with van der Waals surface area (Å²) in [6, 6.07) is 5.45. The Morgan fingerprint density at radius 3 is 2.85 bits per heavy atom. The van der Waals surface area contributed by atoms with Crippen LogP contribution in [0.3, 0.4) is 0 Å². The fourth-order valence-corrected chi connectivity index (χ4v) is 3.16. The molecule has 20 heavy (non-hydrogen) atoms. The number of anilines is 1. The highest BCUT2D eigenvalue weighted by Crippen LogP contribution is 2.33. The average Bonchev–Trinajstić information content (AvgIpc) is 2.46. The summed E-state index contributed by atoms with van der Waals surface area (Å²) in [4.78, 5) is 13.8. The molecular formula is C15H22ClN3O. The number of hydrogen-bond acceptors (Lipinski definition) is 3. The molecule has 0 aliphatic carbocycles. The van der Waals surface area contributed by atoms with Gasteiger partial charge in [0.2, 0.25) is 0 Å². The Hall–Kier alpha value is -1.26. The Balaban J connectivity index is 2.34. The number of piperidine rings is 1. The summed E-state index contributed by atoms with van der Waals surface area (Å²) in [5.74, 6) is 0.279. The lowest BCUT2D eigenvalue weighted by Gasteiger charge is -2.41. The highest BCUT2D eigenvalue weighted by Gasteiger charge is 2.29. The van der Waals surface area contributed by atoms with Crippen molar-refractivity contribution >= 4 is 23.2 Å². The molecule has 1 fully saturated rings. The summed E-state index contributed by atoms with van der Waals surface area (Å²) in [6.45, 7) is 3.67. The van der Waals surface area contributed by atoms with Crippen LogP contribution in [0, 0.1) is 5.92 Å². The van der Waals surface area contributed by atoms with Crippen LogP contribution in [-0.4, -0.2) is 25.0 Å². The molecule has 2 rings (SSSR count). The van der Waals surface area contributed by atoms with Gasteiger partial charge < -0.3 is 16.4 Å². The first-order chi connectivity index (χ1) is 9.56. The second kappa shape index (κ2) is 6.46. The molecule has 5 heteroatoms. The lowest BCUT2D eigenvalue weighted by Crippen LogP contribution is -2.47. The molecule has 0 bridgehead atoms. The molecule has 1 heterocycles. The van der Waals surface area contributed by atoms with E-state index in [1.54, 1.807) is 12.1 Å². The van der Waals surface area contributed by atoms with Crippen molar-refractivity contribution < 1.29 is 4.79 Å². The van der Waals surface area contributed by atoms with Gasteiger partial charge in [-0.25, -0.2) is 0 Å². The number of amides is 1. The maximum absolute atomic E-state index is 11.6. The van der Waals surface area contributed by atoms with Gasteiger partial charge in [-0.2, -0.15) is 0 Å². The van der Waals surface area contributed by atoms with Crippen LogP contribution in [0.2, 0.25) is 5.02 Å². The van der Waals surface area contributed by atoms with E-state index in [1.165, 1.54) is 6.42 Å². The third-order valence-corrected chi connectivity index (χ3v) is 4.44. The summed E-state index contributed by atoms with van der Waals surface area (Å²) >= 11 is 6.08. The second-order valence-electron chi connectivity index (χ2n) is 5.41. The zero-order chi connectivity index (χ0) is 14.7. The Morgan fingerprint density at radius 1 is 1.50 bits per heavy atom. The van der Waals surface area contributed by atoms with E-state index in [0.717, 1.165) is 25.1 Å². The van der Waals surface area contributed by atoms with Crippen LogP contribution < -0.4 is 16.4 Å². The highest BCUT2D eigenvalue weighted by atomic mass is 35.5. The normalized spacial score (nSPS) is 22.9. The van der Waals surface area contributed by atoms with Gasteiger partial charge in [0, 0.05) is 24.2 Å². The van der Waals surface area contributed by atoms with Crippen molar-refractivity contribution in [2.45, 2.75) is 32.2 Å².